The lowest BCUT2D eigenvalue weighted by atomic mass is 10.1. The first kappa shape index (κ1) is 15.4. The van der Waals surface area contributed by atoms with Gasteiger partial charge in [0.2, 0.25) is 0 Å². The summed E-state index contributed by atoms with van der Waals surface area (Å²) in [6.07, 6.45) is 0. The molecule has 0 saturated carbocycles. The summed E-state index contributed by atoms with van der Waals surface area (Å²) < 4.78 is 11.3. The summed E-state index contributed by atoms with van der Waals surface area (Å²) in [7, 11) is 3.10. The number of methoxy groups -OCH3 is 2. The van der Waals surface area contributed by atoms with Crippen molar-refractivity contribution in [2.24, 2.45) is 0 Å². The van der Waals surface area contributed by atoms with Gasteiger partial charge in [0, 0.05) is 15.7 Å². The van der Waals surface area contributed by atoms with E-state index in [1.54, 1.807) is 32.4 Å². The molecular formula is C16H16BrNO3. The summed E-state index contributed by atoms with van der Waals surface area (Å²) in [5.41, 5.74) is 2.27. The van der Waals surface area contributed by atoms with Gasteiger partial charge < -0.3 is 14.8 Å². The smallest absolute Gasteiger partial charge is 0.255 e. The van der Waals surface area contributed by atoms with Crippen molar-refractivity contribution in [2.75, 3.05) is 19.5 Å². The van der Waals surface area contributed by atoms with Crippen molar-refractivity contribution in [2.45, 2.75) is 6.92 Å². The van der Waals surface area contributed by atoms with Crippen LogP contribution >= 0.6 is 15.9 Å². The molecule has 1 N–H and O–H groups in total. The molecule has 0 atom stereocenters. The number of hydrogen-bond acceptors (Lipinski definition) is 3. The number of rotatable bonds is 4. The van der Waals surface area contributed by atoms with E-state index >= 15 is 0 Å². The predicted octanol–water partition coefficient (Wildman–Crippen LogP) is 4.03. The molecule has 4 nitrogen and oxygen atoms in total. The Morgan fingerprint density at radius 3 is 2.38 bits per heavy atom. The Hall–Kier alpha value is -2.01. The van der Waals surface area contributed by atoms with E-state index in [1.807, 2.05) is 25.1 Å². The fourth-order valence-electron chi connectivity index (χ4n) is 1.94. The van der Waals surface area contributed by atoms with Crippen molar-refractivity contribution in [1.82, 2.24) is 0 Å². The van der Waals surface area contributed by atoms with Crippen LogP contribution in [-0.4, -0.2) is 20.1 Å². The van der Waals surface area contributed by atoms with Crippen LogP contribution in [-0.2, 0) is 0 Å². The lowest BCUT2D eigenvalue weighted by Crippen LogP contribution is -2.13. The number of hydrogen-bond donors (Lipinski definition) is 1. The fourth-order valence-corrected chi connectivity index (χ4v) is 2.41. The van der Waals surface area contributed by atoms with Gasteiger partial charge >= 0.3 is 0 Å². The van der Waals surface area contributed by atoms with Crippen LogP contribution in [0.1, 0.15) is 15.9 Å². The lowest BCUT2D eigenvalue weighted by Gasteiger charge is -2.11. The molecule has 2 rings (SSSR count). The minimum absolute atomic E-state index is 0.193. The number of nitrogens with one attached hydrogen (secondary N) is 1. The van der Waals surface area contributed by atoms with Gasteiger partial charge in [-0.3, -0.25) is 4.79 Å². The fraction of sp³-hybridized carbons (Fsp3) is 0.188. The van der Waals surface area contributed by atoms with Gasteiger partial charge in [-0.2, -0.15) is 0 Å². The van der Waals surface area contributed by atoms with E-state index in [9.17, 15) is 4.79 Å². The minimum Gasteiger partial charge on any atom is -0.493 e. The molecule has 5 heteroatoms. The van der Waals surface area contributed by atoms with Gasteiger partial charge in [-0.1, -0.05) is 15.9 Å². The standard InChI is InChI=1S/C16H16BrNO3/c1-10-8-12(17)5-6-13(10)18-16(19)11-4-7-14(20-2)15(9-11)21-3/h4-9H,1-3H3,(H,18,19). The third-order valence-corrected chi connectivity index (χ3v) is 3.58. The molecule has 0 unspecified atom stereocenters. The molecule has 0 radical (unpaired) electrons. The highest BCUT2D eigenvalue weighted by molar-refractivity contribution is 9.10. The Bertz CT molecular complexity index is 671. The zero-order chi connectivity index (χ0) is 15.4. The molecule has 0 saturated heterocycles. The molecule has 0 aromatic heterocycles. The van der Waals surface area contributed by atoms with Gasteiger partial charge in [-0.25, -0.2) is 0 Å². The number of halogens is 1. The average molecular weight is 350 g/mol. The van der Waals surface area contributed by atoms with Crippen LogP contribution in [0.15, 0.2) is 40.9 Å². The highest BCUT2D eigenvalue weighted by Crippen LogP contribution is 2.28. The van der Waals surface area contributed by atoms with E-state index in [4.69, 9.17) is 9.47 Å². The van der Waals surface area contributed by atoms with E-state index in [-0.39, 0.29) is 5.91 Å². The van der Waals surface area contributed by atoms with Crippen LogP contribution in [0, 0.1) is 6.92 Å². The zero-order valence-corrected chi connectivity index (χ0v) is 13.7. The second-order valence-electron chi connectivity index (χ2n) is 4.48. The summed E-state index contributed by atoms with van der Waals surface area (Å²) >= 11 is 3.40. The summed E-state index contributed by atoms with van der Waals surface area (Å²) in [5.74, 6) is 0.924. The highest BCUT2D eigenvalue weighted by Gasteiger charge is 2.11. The second-order valence-corrected chi connectivity index (χ2v) is 5.40. The molecule has 1 amide bonds. The molecule has 21 heavy (non-hydrogen) atoms. The van der Waals surface area contributed by atoms with Gasteiger partial charge in [-0.05, 0) is 48.9 Å². The maximum atomic E-state index is 12.3. The van der Waals surface area contributed by atoms with Gasteiger partial charge in [0.1, 0.15) is 0 Å². The maximum absolute atomic E-state index is 12.3. The molecule has 110 valence electrons. The number of carbonyl (C=O) groups excluding carboxylic acids is 1. The predicted molar refractivity (Wildman–Crippen MR) is 86.4 cm³/mol. The van der Waals surface area contributed by atoms with Crippen molar-refractivity contribution < 1.29 is 14.3 Å². The molecule has 0 heterocycles. The summed E-state index contributed by atoms with van der Waals surface area (Å²) in [5, 5.41) is 2.89. The quantitative estimate of drug-likeness (QED) is 0.906. The normalized spacial score (nSPS) is 10.1. The highest BCUT2D eigenvalue weighted by atomic mass is 79.9. The van der Waals surface area contributed by atoms with Gasteiger partial charge in [0.05, 0.1) is 14.2 Å². The first-order valence-electron chi connectivity index (χ1n) is 6.34. The van der Waals surface area contributed by atoms with Crippen LogP contribution in [0.3, 0.4) is 0 Å². The van der Waals surface area contributed by atoms with Crippen LogP contribution in [0.2, 0.25) is 0 Å². The Morgan fingerprint density at radius 1 is 1.05 bits per heavy atom. The largest absolute Gasteiger partial charge is 0.493 e. The van der Waals surface area contributed by atoms with E-state index < -0.39 is 0 Å². The Labute approximate surface area is 132 Å². The minimum atomic E-state index is -0.193. The lowest BCUT2D eigenvalue weighted by molar-refractivity contribution is 0.102. The van der Waals surface area contributed by atoms with Crippen LogP contribution < -0.4 is 14.8 Å². The third-order valence-electron chi connectivity index (χ3n) is 3.08. The van der Waals surface area contributed by atoms with Crippen LogP contribution in [0.25, 0.3) is 0 Å². The van der Waals surface area contributed by atoms with E-state index in [1.165, 1.54) is 0 Å². The average Bonchev–Trinajstić information content (AvgIpc) is 2.49. The first-order chi connectivity index (χ1) is 10.0. The molecule has 2 aromatic carbocycles. The molecule has 0 aliphatic carbocycles. The summed E-state index contributed by atoms with van der Waals surface area (Å²) in [6.45, 7) is 1.94. The molecule has 0 bridgehead atoms. The topological polar surface area (TPSA) is 47.6 Å². The number of ether oxygens (including phenoxy) is 2. The molecule has 0 fully saturated rings. The number of amides is 1. The number of anilines is 1. The van der Waals surface area contributed by atoms with Crippen molar-refractivity contribution in [3.8, 4) is 11.5 Å². The van der Waals surface area contributed by atoms with Gasteiger partial charge in [0.25, 0.3) is 5.91 Å². The first-order valence-corrected chi connectivity index (χ1v) is 7.14. The van der Waals surface area contributed by atoms with Crippen molar-refractivity contribution in [3.05, 3.63) is 52.0 Å². The Kier molecular flexibility index (Phi) is 4.85. The molecule has 0 aliphatic heterocycles. The number of benzene rings is 2. The van der Waals surface area contributed by atoms with Crippen LogP contribution in [0.5, 0.6) is 11.5 Å². The maximum Gasteiger partial charge on any atom is 0.255 e. The van der Waals surface area contributed by atoms with Gasteiger partial charge in [0.15, 0.2) is 11.5 Å². The van der Waals surface area contributed by atoms with Gasteiger partial charge in [-0.15, -0.1) is 0 Å². The molecule has 2 aromatic rings. The zero-order valence-electron chi connectivity index (χ0n) is 12.1. The van der Waals surface area contributed by atoms with Crippen molar-refractivity contribution in [1.29, 1.82) is 0 Å². The SMILES string of the molecule is COc1ccc(C(=O)Nc2ccc(Br)cc2C)cc1OC. The number of aryl methyl sites for hydroxylation is 1. The Balaban J connectivity index is 2.24. The van der Waals surface area contributed by atoms with E-state index in [2.05, 4.69) is 21.2 Å². The molecular weight excluding hydrogens is 334 g/mol. The molecule has 0 spiro atoms. The monoisotopic (exact) mass is 349 g/mol. The van der Waals surface area contributed by atoms with Crippen molar-refractivity contribution >= 4 is 27.5 Å². The van der Waals surface area contributed by atoms with E-state index in [0.717, 1.165) is 15.7 Å². The summed E-state index contributed by atoms with van der Waals surface area (Å²) in [6, 6.07) is 10.8. The summed E-state index contributed by atoms with van der Waals surface area (Å²) in [4.78, 5) is 12.3. The van der Waals surface area contributed by atoms with Crippen molar-refractivity contribution in [3.63, 3.8) is 0 Å². The van der Waals surface area contributed by atoms with Crippen LogP contribution in [0.4, 0.5) is 5.69 Å². The second kappa shape index (κ2) is 6.63. The van der Waals surface area contributed by atoms with E-state index in [0.29, 0.717) is 17.1 Å². The molecule has 0 aliphatic rings. The Morgan fingerprint density at radius 2 is 1.76 bits per heavy atom. The number of carbonyl (C=O) groups is 1. The third kappa shape index (κ3) is 3.55.